The van der Waals surface area contributed by atoms with Gasteiger partial charge in [0.15, 0.2) is 0 Å². The Morgan fingerprint density at radius 2 is 2.12 bits per heavy atom. The highest BCUT2D eigenvalue weighted by atomic mass is 16.2. The van der Waals surface area contributed by atoms with Crippen molar-refractivity contribution in [3.8, 4) is 0 Å². The van der Waals surface area contributed by atoms with Crippen LogP contribution >= 0.6 is 0 Å². The maximum atomic E-state index is 11.5. The van der Waals surface area contributed by atoms with Gasteiger partial charge in [-0.15, -0.1) is 0 Å². The van der Waals surface area contributed by atoms with Crippen molar-refractivity contribution in [2.75, 3.05) is 0 Å². The van der Waals surface area contributed by atoms with Crippen molar-refractivity contribution < 1.29 is 4.79 Å². The number of amides is 1. The summed E-state index contributed by atoms with van der Waals surface area (Å²) in [7, 11) is 0. The highest BCUT2D eigenvalue weighted by Crippen LogP contribution is 2.23. The number of nitrogens with two attached hydrogens (primary N) is 1. The molecule has 1 amide bonds. The number of nitrogens with zero attached hydrogens (tertiary/aromatic N) is 1. The summed E-state index contributed by atoms with van der Waals surface area (Å²) in [4.78, 5) is 15.7. The van der Waals surface area contributed by atoms with Gasteiger partial charge in [-0.25, -0.2) is 5.84 Å². The normalized spacial score (nSPS) is 12.4. The summed E-state index contributed by atoms with van der Waals surface area (Å²) in [5, 5.41) is 0.987. The lowest BCUT2D eigenvalue weighted by Gasteiger charge is -2.12. The minimum atomic E-state index is -0.280. The van der Waals surface area contributed by atoms with Gasteiger partial charge in [0.1, 0.15) is 0 Å². The van der Waals surface area contributed by atoms with Crippen LogP contribution in [0.3, 0.4) is 0 Å². The summed E-state index contributed by atoms with van der Waals surface area (Å²) >= 11 is 0. The Bertz CT molecular complexity index is 519. The zero-order chi connectivity index (χ0) is 11.5. The molecular weight excluding hydrogens is 202 g/mol. The Morgan fingerprint density at radius 1 is 1.38 bits per heavy atom. The minimum Gasteiger partial charge on any atom is -0.294 e. The van der Waals surface area contributed by atoms with Crippen LogP contribution in [0.1, 0.15) is 18.4 Å². The van der Waals surface area contributed by atoms with E-state index >= 15 is 0 Å². The van der Waals surface area contributed by atoms with Gasteiger partial charge in [-0.1, -0.05) is 18.2 Å². The zero-order valence-corrected chi connectivity index (χ0v) is 8.97. The van der Waals surface area contributed by atoms with Crippen LogP contribution in [0, 0.1) is 0 Å². The first-order chi connectivity index (χ1) is 7.74. The maximum absolute atomic E-state index is 11.5. The van der Waals surface area contributed by atoms with Crippen molar-refractivity contribution in [3.05, 3.63) is 42.1 Å². The first-order valence-electron chi connectivity index (χ1n) is 5.08. The van der Waals surface area contributed by atoms with Crippen LogP contribution < -0.4 is 11.3 Å². The Labute approximate surface area is 93.4 Å². The topological polar surface area (TPSA) is 68.0 Å². The van der Waals surface area contributed by atoms with Crippen LogP contribution in [0.5, 0.6) is 0 Å². The molecule has 1 unspecified atom stereocenters. The minimum absolute atomic E-state index is 0.198. The zero-order valence-electron chi connectivity index (χ0n) is 8.97. The second kappa shape index (κ2) is 4.28. The summed E-state index contributed by atoms with van der Waals surface area (Å²) < 4.78 is 0. The van der Waals surface area contributed by atoms with Crippen LogP contribution in [-0.2, 0) is 4.79 Å². The molecule has 0 spiro atoms. The molecule has 0 radical (unpaired) electrons. The number of nitrogens with one attached hydrogen (secondary N) is 1. The predicted molar refractivity (Wildman–Crippen MR) is 62.5 cm³/mol. The highest BCUT2D eigenvalue weighted by molar-refractivity contribution is 5.90. The lowest BCUT2D eigenvalue weighted by Crippen LogP contribution is -2.33. The third-order valence-electron chi connectivity index (χ3n) is 2.68. The molecule has 1 heterocycles. The molecule has 1 aromatic heterocycles. The van der Waals surface area contributed by atoms with Gasteiger partial charge >= 0.3 is 0 Å². The van der Waals surface area contributed by atoms with E-state index in [-0.39, 0.29) is 11.8 Å². The van der Waals surface area contributed by atoms with Crippen molar-refractivity contribution >= 4 is 16.8 Å². The van der Waals surface area contributed by atoms with Gasteiger partial charge in [-0.2, -0.15) is 0 Å². The first-order valence-corrected chi connectivity index (χ1v) is 5.08. The lowest BCUT2D eigenvalue weighted by atomic mass is 9.97. The van der Waals surface area contributed by atoms with E-state index in [9.17, 15) is 4.79 Å². The average molecular weight is 215 g/mol. The van der Waals surface area contributed by atoms with E-state index in [1.807, 2.05) is 37.3 Å². The summed E-state index contributed by atoms with van der Waals surface area (Å²) in [6, 6.07) is 9.58. The molecule has 0 aliphatic carbocycles. The molecule has 2 rings (SSSR count). The molecule has 1 atom stereocenters. The van der Waals surface area contributed by atoms with Gasteiger partial charge in [0.05, 0.1) is 11.4 Å². The number of aromatic nitrogens is 1. The molecule has 16 heavy (non-hydrogen) atoms. The maximum Gasteiger partial charge on any atom is 0.241 e. The molecule has 0 bridgehead atoms. The Morgan fingerprint density at radius 3 is 2.88 bits per heavy atom. The number of hydrogen-bond donors (Lipinski definition) is 2. The van der Waals surface area contributed by atoms with Crippen molar-refractivity contribution in [2.45, 2.75) is 12.8 Å². The van der Waals surface area contributed by atoms with Gasteiger partial charge < -0.3 is 0 Å². The SMILES string of the molecule is CC(C(=O)NN)c1ccnc2ccccc12. The van der Waals surface area contributed by atoms with Crippen LogP contribution in [0.25, 0.3) is 10.9 Å². The third-order valence-corrected chi connectivity index (χ3v) is 2.68. The molecule has 82 valence electrons. The lowest BCUT2D eigenvalue weighted by molar-refractivity contribution is -0.122. The Balaban J connectivity index is 2.56. The number of hydrogen-bond acceptors (Lipinski definition) is 3. The van der Waals surface area contributed by atoms with Gasteiger partial charge in [-0.3, -0.25) is 15.2 Å². The van der Waals surface area contributed by atoms with E-state index in [4.69, 9.17) is 5.84 Å². The van der Waals surface area contributed by atoms with Crippen molar-refractivity contribution in [1.82, 2.24) is 10.4 Å². The number of carbonyl (C=O) groups excluding carboxylic acids is 1. The summed E-state index contributed by atoms with van der Waals surface area (Å²) in [5.41, 5.74) is 3.99. The van der Waals surface area contributed by atoms with E-state index in [0.717, 1.165) is 16.5 Å². The quantitative estimate of drug-likeness (QED) is 0.451. The Kier molecular flexibility index (Phi) is 2.83. The number of benzene rings is 1. The van der Waals surface area contributed by atoms with Gasteiger partial charge in [0, 0.05) is 11.6 Å². The number of pyridine rings is 1. The second-order valence-corrected chi connectivity index (χ2v) is 3.65. The van der Waals surface area contributed by atoms with E-state index in [1.165, 1.54) is 0 Å². The first kappa shape index (κ1) is 10.6. The van der Waals surface area contributed by atoms with Crippen LogP contribution in [0.4, 0.5) is 0 Å². The number of carbonyl (C=O) groups is 1. The molecule has 1 aromatic carbocycles. The van der Waals surface area contributed by atoms with E-state index in [2.05, 4.69) is 10.4 Å². The second-order valence-electron chi connectivity index (χ2n) is 3.65. The van der Waals surface area contributed by atoms with E-state index in [1.54, 1.807) is 6.20 Å². The molecule has 3 N–H and O–H groups in total. The molecular formula is C12H13N3O. The number of hydrazine groups is 1. The largest absolute Gasteiger partial charge is 0.294 e. The molecule has 0 aliphatic rings. The van der Waals surface area contributed by atoms with E-state index < -0.39 is 0 Å². The van der Waals surface area contributed by atoms with Crippen LogP contribution in [-0.4, -0.2) is 10.9 Å². The fourth-order valence-corrected chi connectivity index (χ4v) is 1.76. The van der Waals surface area contributed by atoms with Crippen molar-refractivity contribution in [3.63, 3.8) is 0 Å². The predicted octanol–water partition coefficient (Wildman–Crippen LogP) is 1.33. The molecule has 4 nitrogen and oxygen atoms in total. The monoisotopic (exact) mass is 215 g/mol. The number of para-hydroxylation sites is 1. The van der Waals surface area contributed by atoms with Crippen LogP contribution in [0.2, 0.25) is 0 Å². The van der Waals surface area contributed by atoms with Crippen molar-refractivity contribution in [2.24, 2.45) is 5.84 Å². The van der Waals surface area contributed by atoms with Gasteiger partial charge in [0.2, 0.25) is 5.91 Å². The van der Waals surface area contributed by atoms with Crippen LogP contribution in [0.15, 0.2) is 36.5 Å². The summed E-state index contributed by atoms with van der Waals surface area (Å²) in [6.07, 6.45) is 1.71. The molecule has 0 fully saturated rings. The van der Waals surface area contributed by atoms with Gasteiger partial charge in [0.25, 0.3) is 0 Å². The standard InChI is InChI=1S/C12H13N3O/c1-8(12(16)15-13)9-6-7-14-11-5-3-2-4-10(9)11/h2-8H,13H2,1H3,(H,15,16). The molecule has 0 saturated heterocycles. The average Bonchev–Trinajstić information content (AvgIpc) is 2.36. The summed E-state index contributed by atoms with van der Waals surface area (Å²) in [5.74, 6) is 4.66. The van der Waals surface area contributed by atoms with E-state index in [0.29, 0.717) is 0 Å². The van der Waals surface area contributed by atoms with Gasteiger partial charge in [-0.05, 0) is 24.6 Å². The number of fused-ring (bicyclic) bond motifs is 1. The molecule has 4 heteroatoms. The fourth-order valence-electron chi connectivity index (χ4n) is 1.76. The molecule has 0 saturated carbocycles. The number of rotatable bonds is 2. The highest BCUT2D eigenvalue weighted by Gasteiger charge is 2.16. The Hall–Kier alpha value is -1.94. The van der Waals surface area contributed by atoms with Crippen molar-refractivity contribution in [1.29, 1.82) is 0 Å². The summed E-state index contributed by atoms with van der Waals surface area (Å²) in [6.45, 7) is 1.82. The third kappa shape index (κ3) is 1.75. The smallest absolute Gasteiger partial charge is 0.241 e. The molecule has 2 aromatic rings. The fraction of sp³-hybridized carbons (Fsp3) is 0.167. The molecule has 0 aliphatic heterocycles.